The standard InChI is InChI=1S/C20H25N3O2/c1-4-23(5-2)14-16-8-12-18(13-9-16)20(25)22-21-19(24)17-10-6-15(3)7-11-17/h6-13H,4-5,14H2,1-3H3,(H,21,24)(H,22,25). The van der Waals surface area contributed by atoms with Gasteiger partial charge >= 0.3 is 0 Å². The van der Waals surface area contributed by atoms with Crippen LogP contribution in [0.15, 0.2) is 48.5 Å². The first-order valence-electron chi connectivity index (χ1n) is 8.52. The molecule has 0 spiro atoms. The van der Waals surface area contributed by atoms with Crippen molar-refractivity contribution in [3.8, 4) is 0 Å². The maximum atomic E-state index is 12.1. The molecule has 0 aliphatic rings. The number of nitrogens with zero attached hydrogens (tertiary/aromatic N) is 1. The molecule has 0 bridgehead atoms. The quantitative estimate of drug-likeness (QED) is 0.796. The number of amides is 2. The first-order valence-corrected chi connectivity index (χ1v) is 8.52. The molecular weight excluding hydrogens is 314 g/mol. The zero-order valence-corrected chi connectivity index (χ0v) is 15.0. The van der Waals surface area contributed by atoms with Crippen molar-refractivity contribution in [2.45, 2.75) is 27.3 Å². The predicted octanol–water partition coefficient (Wildman–Crippen LogP) is 2.91. The van der Waals surface area contributed by atoms with Crippen LogP contribution in [0.2, 0.25) is 0 Å². The van der Waals surface area contributed by atoms with E-state index in [4.69, 9.17) is 0 Å². The van der Waals surface area contributed by atoms with Gasteiger partial charge in [-0.25, -0.2) is 0 Å². The van der Waals surface area contributed by atoms with Gasteiger partial charge in [-0.2, -0.15) is 0 Å². The van der Waals surface area contributed by atoms with Crippen molar-refractivity contribution in [2.75, 3.05) is 13.1 Å². The van der Waals surface area contributed by atoms with E-state index in [2.05, 4.69) is 29.6 Å². The summed E-state index contributed by atoms with van der Waals surface area (Å²) in [6.07, 6.45) is 0. The minimum absolute atomic E-state index is 0.338. The molecule has 2 aromatic carbocycles. The second-order valence-corrected chi connectivity index (χ2v) is 5.93. The summed E-state index contributed by atoms with van der Waals surface area (Å²) in [5.41, 5.74) is 8.12. The molecule has 0 aromatic heterocycles. The SMILES string of the molecule is CCN(CC)Cc1ccc(C(=O)NNC(=O)c2ccc(C)cc2)cc1. The second kappa shape index (κ2) is 8.99. The molecule has 0 radical (unpaired) electrons. The van der Waals surface area contributed by atoms with Crippen LogP contribution in [0, 0.1) is 6.92 Å². The largest absolute Gasteiger partial charge is 0.300 e. The number of hydrogen-bond acceptors (Lipinski definition) is 3. The Kier molecular flexibility index (Phi) is 6.71. The molecule has 0 aliphatic carbocycles. The van der Waals surface area contributed by atoms with E-state index in [1.54, 1.807) is 24.3 Å². The van der Waals surface area contributed by atoms with Crippen LogP contribution in [0.3, 0.4) is 0 Å². The third kappa shape index (κ3) is 5.43. The van der Waals surface area contributed by atoms with Crippen molar-refractivity contribution >= 4 is 11.8 Å². The summed E-state index contributed by atoms with van der Waals surface area (Å²) in [7, 11) is 0. The van der Waals surface area contributed by atoms with Gasteiger partial charge < -0.3 is 0 Å². The van der Waals surface area contributed by atoms with Gasteiger partial charge in [0.05, 0.1) is 0 Å². The van der Waals surface area contributed by atoms with Gasteiger partial charge in [0, 0.05) is 17.7 Å². The van der Waals surface area contributed by atoms with Crippen molar-refractivity contribution in [1.29, 1.82) is 0 Å². The summed E-state index contributed by atoms with van der Waals surface area (Å²) in [6, 6.07) is 14.6. The van der Waals surface area contributed by atoms with E-state index < -0.39 is 0 Å². The smallest absolute Gasteiger partial charge is 0.269 e. The van der Waals surface area contributed by atoms with Gasteiger partial charge in [0.25, 0.3) is 11.8 Å². The average Bonchev–Trinajstić information content (AvgIpc) is 2.65. The van der Waals surface area contributed by atoms with Crippen molar-refractivity contribution in [3.63, 3.8) is 0 Å². The number of hydrazine groups is 1. The van der Waals surface area contributed by atoms with E-state index in [0.29, 0.717) is 11.1 Å². The van der Waals surface area contributed by atoms with Crippen molar-refractivity contribution in [3.05, 3.63) is 70.8 Å². The average molecular weight is 339 g/mol. The highest BCUT2D eigenvalue weighted by Gasteiger charge is 2.09. The minimum atomic E-state index is -0.341. The van der Waals surface area contributed by atoms with Gasteiger partial charge in [0.2, 0.25) is 0 Å². The van der Waals surface area contributed by atoms with Crippen LogP contribution in [0.4, 0.5) is 0 Å². The Morgan fingerprint density at radius 1 is 0.800 bits per heavy atom. The zero-order valence-electron chi connectivity index (χ0n) is 15.0. The van der Waals surface area contributed by atoms with Gasteiger partial charge in [0.1, 0.15) is 0 Å². The first-order chi connectivity index (χ1) is 12.0. The third-order valence-electron chi connectivity index (χ3n) is 4.12. The maximum absolute atomic E-state index is 12.1. The van der Waals surface area contributed by atoms with Crippen LogP contribution >= 0.6 is 0 Å². The third-order valence-corrected chi connectivity index (χ3v) is 4.12. The lowest BCUT2D eigenvalue weighted by Crippen LogP contribution is -2.41. The molecule has 0 aliphatic heterocycles. The normalized spacial score (nSPS) is 10.6. The predicted molar refractivity (Wildman–Crippen MR) is 99.2 cm³/mol. The topological polar surface area (TPSA) is 61.4 Å². The molecule has 25 heavy (non-hydrogen) atoms. The van der Waals surface area contributed by atoms with E-state index in [1.807, 2.05) is 31.2 Å². The molecule has 2 N–H and O–H groups in total. The highest BCUT2D eigenvalue weighted by Crippen LogP contribution is 2.08. The molecule has 0 unspecified atom stereocenters. The molecule has 0 fully saturated rings. The lowest BCUT2D eigenvalue weighted by molar-refractivity contribution is 0.0846. The van der Waals surface area contributed by atoms with E-state index in [0.717, 1.165) is 30.8 Å². The van der Waals surface area contributed by atoms with Gasteiger partial charge in [-0.3, -0.25) is 25.3 Å². The Morgan fingerprint density at radius 3 is 1.68 bits per heavy atom. The zero-order chi connectivity index (χ0) is 18.2. The molecule has 132 valence electrons. The van der Waals surface area contributed by atoms with E-state index in [-0.39, 0.29) is 11.8 Å². The van der Waals surface area contributed by atoms with Gasteiger partial charge in [-0.15, -0.1) is 0 Å². The van der Waals surface area contributed by atoms with Gasteiger partial charge in [0.15, 0.2) is 0 Å². The molecule has 5 heteroatoms. The molecule has 2 rings (SSSR count). The lowest BCUT2D eigenvalue weighted by atomic mass is 10.1. The number of carbonyl (C=O) groups excluding carboxylic acids is 2. The molecule has 2 amide bonds. The van der Waals surface area contributed by atoms with Gasteiger partial charge in [-0.05, 0) is 49.8 Å². The van der Waals surface area contributed by atoms with E-state index in [1.165, 1.54) is 0 Å². The maximum Gasteiger partial charge on any atom is 0.269 e. The number of benzene rings is 2. The summed E-state index contributed by atoms with van der Waals surface area (Å²) in [5, 5.41) is 0. The van der Waals surface area contributed by atoms with Crippen LogP contribution < -0.4 is 10.9 Å². The fraction of sp³-hybridized carbons (Fsp3) is 0.300. The monoisotopic (exact) mass is 339 g/mol. The molecule has 5 nitrogen and oxygen atoms in total. The highest BCUT2D eigenvalue weighted by molar-refractivity contribution is 5.99. The summed E-state index contributed by atoms with van der Waals surface area (Å²) >= 11 is 0. The van der Waals surface area contributed by atoms with E-state index in [9.17, 15) is 9.59 Å². The number of carbonyl (C=O) groups is 2. The van der Waals surface area contributed by atoms with Crippen molar-refractivity contribution in [2.24, 2.45) is 0 Å². The number of aryl methyl sites for hydroxylation is 1. The second-order valence-electron chi connectivity index (χ2n) is 5.93. The Morgan fingerprint density at radius 2 is 1.24 bits per heavy atom. The molecular formula is C20H25N3O2. The summed E-state index contributed by atoms with van der Waals surface area (Å²) in [5.74, 6) is -0.679. The van der Waals surface area contributed by atoms with Crippen LogP contribution in [0.5, 0.6) is 0 Å². The summed E-state index contributed by atoms with van der Waals surface area (Å²) < 4.78 is 0. The van der Waals surface area contributed by atoms with E-state index >= 15 is 0 Å². The Hall–Kier alpha value is -2.66. The lowest BCUT2D eigenvalue weighted by Gasteiger charge is -2.18. The number of nitrogens with one attached hydrogen (secondary N) is 2. The summed E-state index contributed by atoms with van der Waals surface area (Å²) in [6.45, 7) is 9.05. The van der Waals surface area contributed by atoms with Crippen LogP contribution in [-0.2, 0) is 6.54 Å². The summed E-state index contributed by atoms with van der Waals surface area (Å²) in [4.78, 5) is 26.4. The Labute approximate surface area is 149 Å². The molecule has 0 saturated carbocycles. The first kappa shape index (κ1) is 18.7. The van der Waals surface area contributed by atoms with Crippen molar-refractivity contribution < 1.29 is 9.59 Å². The molecule has 2 aromatic rings. The highest BCUT2D eigenvalue weighted by atomic mass is 16.2. The van der Waals surface area contributed by atoms with Crippen LogP contribution in [0.1, 0.15) is 45.7 Å². The molecule has 0 saturated heterocycles. The Balaban J connectivity index is 1.90. The fourth-order valence-electron chi connectivity index (χ4n) is 2.43. The molecule has 0 heterocycles. The van der Waals surface area contributed by atoms with Gasteiger partial charge in [-0.1, -0.05) is 43.7 Å². The fourth-order valence-corrected chi connectivity index (χ4v) is 2.43. The number of rotatable bonds is 6. The molecule has 0 atom stereocenters. The minimum Gasteiger partial charge on any atom is -0.300 e. The number of hydrogen-bond donors (Lipinski definition) is 2. The Bertz CT molecular complexity index is 705. The van der Waals surface area contributed by atoms with Crippen LogP contribution in [0.25, 0.3) is 0 Å². The van der Waals surface area contributed by atoms with Crippen molar-refractivity contribution in [1.82, 2.24) is 15.8 Å². The van der Waals surface area contributed by atoms with Crippen LogP contribution in [-0.4, -0.2) is 29.8 Å².